The lowest BCUT2D eigenvalue weighted by atomic mass is 10.1. The highest BCUT2D eigenvalue weighted by Gasteiger charge is 2.36. The molecule has 0 radical (unpaired) electrons. The summed E-state index contributed by atoms with van der Waals surface area (Å²) in [4.78, 5) is 4.55. The van der Waals surface area contributed by atoms with E-state index in [2.05, 4.69) is 15.9 Å². The van der Waals surface area contributed by atoms with Crippen LogP contribution < -0.4 is 9.64 Å². The van der Waals surface area contributed by atoms with Crippen molar-refractivity contribution in [3.05, 3.63) is 59.4 Å². The number of rotatable bonds is 3. The van der Waals surface area contributed by atoms with Crippen LogP contribution in [-0.2, 0) is 6.42 Å². The first kappa shape index (κ1) is 16.4. The first-order valence-corrected chi connectivity index (χ1v) is 8.76. The van der Waals surface area contributed by atoms with Crippen LogP contribution in [-0.4, -0.2) is 49.3 Å². The maximum absolute atomic E-state index is 13.9. The maximum Gasteiger partial charge on any atom is 0.167 e. The number of hydrogen-bond acceptors (Lipinski definition) is 4. The molecule has 0 aromatic heterocycles. The molecule has 1 aliphatic heterocycles. The van der Waals surface area contributed by atoms with Crippen LogP contribution in [0.4, 0.5) is 10.1 Å². The zero-order valence-electron chi connectivity index (χ0n) is 14.4. The van der Waals surface area contributed by atoms with E-state index >= 15 is 0 Å². The van der Waals surface area contributed by atoms with E-state index in [1.807, 2.05) is 24.3 Å². The van der Waals surface area contributed by atoms with Gasteiger partial charge < -0.3 is 14.7 Å². The average Bonchev–Trinajstić information content (AvgIpc) is 2.99. The third kappa shape index (κ3) is 2.98. The van der Waals surface area contributed by atoms with Crippen molar-refractivity contribution in [3.8, 4) is 5.75 Å². The van der Waals surface area contributed by atoms with Crippen molar-refractivity contribution in [1.82, 2.24) is 4.90 Å². The summed E-state index contributed by atoms with van der Waals surface area (Å²) in [7, 11) is 1.47. The van der Waals surface area contributed by atoms with E-state index in [1.165, 1.54) is 18.7 Å². The van der Waals surface area contributed by atoms with Crippen LogP contribution >= 0.6 is 0 Å². The van der Waals surface area contributed by atoms with Gasteiger partial charge in [0.15, 0.2) is 11.6 Å². The summed E-state index contributed by atoms with van der Waals surface area (Å²) in [5.74, 6) is -0.0571. The Morgan fingerprint density at radius 1 is 1.08 bits per heavy atom. The van der Waals surface area contributed by atoms with Crippen LogP contribution in [0.15, 0.2) is 42.5 Å². The van der Waals surface area contributed by atoms with Gasteiger partial charge in [0.1, 0.15) is 0 Å². The molecule has 132 valence electrons. The Bertz CT molecular complexity index is 759. The van der Waals surface area contributed by atoms with E-state index in [4.69, 9.17) is 4.74 Å². The molecule has 4 rings (SSSR count). The second kappa shape index (κ2) is 6.65. The maximum atomic E-state index is 13.9. The van der Waals surface area contributed by atoms with Crippen LogP contribution in [0.3, 0.4) is 0 Å². The van der Waals surface area contributed by atoms with Gasteiger partial charge in [-0.15, -0.1) is 0 Å². The number of anilines is 1. The normalized spacial score (nSPS) is 23.6. The lowest BCUT2D eigenvalue weighted by molar-refractivity contribution is 0.0572. The molecule has 1 fully saturated rings. The molecule has 2 aliphatic rings. The minimum absolute atomic E-state index is 0.146. The van der Waals surface area contributed by atoms with Crippen LogP contribution in [0.1, 0.15) is 17.2 Å². The number of methoxy groups -OCH3 is 1. The van der Waals surface area contributed by atoms with Gasteiger partial charge in [0.2, 0.25) is 0 Å². The molecule has 2 unspecified atom stereocenters. The molecule has 1 N–H and O–H groups in total. The lowest BCUT2D eigenvalue weighted by Crippen LogP contribution is -2.51. The van der Waals surface area contributed by atoms with E-state index in [1.54, 1.807) is 6.07 Å². The largest absolute Gasteiger partial charge is 0.494 e. The number of ether oxygens (including phenoxy) is 1. The van der Waals surface area contributed by atoms with Gasteiger partial charge in [0.05, 0.1) is 13.2 Å². The summed E-state index contributed by atoms with van der Waals surface area (Å²) >= 11 is 0. The fourth-order valence-corrected chi connectivity index (χ4v) is 4.05. The number of fused-ring (bicyclic) bond motifs is 1. The zero-order chi connectivity index (χ0) is 17.4. The van der Waals surface area contributed by atoms with Gasteiger partial charge in [-0.3, -0.25) is 4.90 Å². The third-order valence-electron chi connectivity index (χ3n) is 5.45. The van der Waals surface area contributed by atoms with Crippen LogP contribution in [0.2, 0.25) is 0 Å². The van der Waals surface area contributed by atoms with Crippen molar-refractivity contribution in [2.24, 2.45) is 0 Å². The van der Waals surface area contributed by atoms with Gasteiger partial charge in [0.25, 0.3) is 0 Å². The molecule has 2 aromatic carbocycles. The van der Waals surface area contributed by atoms with E-state index in [-0.39, 0.29) is 17.6 Å². The molecule has 1 heterocycles. The smallest absolute Gasteiger partial charge is 0.167 e. The molecule has 2 aromatic rings. The van der Waals surface area contributed by atoms with Gasteiger partial charge in [0, 0.05) is 44.0 Å². The number of aliphatic hydroxyl groups is 1. The number of aliphatic hydroxyl groups excluding tert-OH is 1. The van der Waals surface area contributed by atoms with Crippen LogP contribution in [0.5, 0.6) is 5.75 Å². The molecule has 0 amide bonds. The second-order valence-corrected chi connectivity index (χ2v) is 6.76. The third-order valence-corrected chi connectivity index (χ3v) is 5.45. The molecular weight excluding hydrogens is 319 g/mol. The minimum Gasteiger partial charge on any atom is -0.494 e. The number of nitrogens with zero attached hydrogens (tertiary/aromatic N) is 2. The average molecular weight is 342 g/mol. The summed E-state index contributed by atoms with van der Waals surface area (Å²) in [5, 5.41) is 10.7. The standard InChI is InChI=1S/C20H23FN2O2/c1-25-19-7-6-15(13-17(19)21)22-8-10-23(11-9-22)18-12-14-4-2-3-5-16(14)20(18)24/h2-7,13,18,20,24H,8-12H2,1H3. The molecule has 1 saturated heterocycles. The van der Waals surface area contributed by atoms with Crippen molar-refractivity contribution in [1.29, 1.82) is 0 Å². The fourth-order valence-electron chi connectivity index (χ4n) is 4.05. The Morgan fingerprint density at radius 3 is 2.52 bits per heavy atom. The van der Waals surface area contributed by atoms with Crippen molar-refractivity contribution in [2.75, 3.05) is 38.2 Å². The number of hydrogen-bond donors (Lipinski definition) is 1. The first-order valence-electron chi connectivity index (χ1n) is 8.76. The number of benzene rings is 2. The summed E-state index contributed by atoms with van der Waals surface area (Å²) in [6, 6.07) is 13.4. The van der Waals surface area contributed by atoms with Gasteiger partial charge >= 0.3 is 0 Å². The summed E-state index contributed by atoms with van der Waals surface area (Å²) in [6.45, 7) is 3.38. The van der Waals surface area contributed by atoms with Crippen LogP contribution in [0.25, 0.3) is 0 Å². The Balaban J connectivity index is 1.42. The highest BCUT2D eigenvalue weighted by Crippen LogP contribution is 2.35. The SMILES string of the molecule is COc1ccc(N2CCN(C3Cc4ccccc4C3O)CC2)cc1F. The number of halogens is 1. The summed E-state index contributed by atoms with van der Waals surface area (Å²) in [5.41, 5.74) is 3.19. The topological polar surface area (TPSA) is 35.9 Å². The predicted octanol–water partition coefficient (Wildman–Crippen LogP) is 2.61. The van der Waals surface area contributed by atoms with E-state index in [0.29, 0.717) is 0 Å². The Hall–Kier alpha value is -2.11. The van der Waals surface area contributed by atoms with Gasteiger partial charge in [-0.05, 0) is 29.7 Å². The minimum atomic E-state index is -0.416. The molecule has 1 aliphatic carbocycles. The van der Waals surface area contributed by atoms with Crippen molar-refractivity contribution >= 4 is 5.69 Å². The van der Waals surface area contributed by atoms with Gasteiger partial charge in [-0.25, -0.2) is 4.39 Å². The van der Waals surface area contributed by atoms with E-state index in [9.17, 15) is 9.50 Å². The highest BCUT2D eigenvalue weighted by atomic mass is 19.1. The van der Waals surface area contributed by atoms with Crippen LogP contribution in [0, 0.1) is 5.82 Å². The molecule has 0 saturated carbocycles. The Kier molecular flexibility index (Phi) is 4.36. The fraction of sp³-hybridized carbons (Fsp3) is 0.400. The van der Waals surface area contributed by atoms with E-state index in [0.717, 1.165) is 43.9 Å². The zero-order valence-corrected chi connectivity index (χ0v) is 14.4. The predicted molar refractivity (Wildman–Crippen MR) is 95.6 cm³/mol. The van der Waals surface area contributed by atoms with Crippen molar-refractivity contribution < 1.29 is 14.2 Å². The Labute approximate surface area is 147 Å². The van der Waals surface area contributed by atoms with Crippen molar-refractivity contribution in [2.45, 2.75) is 18.6 Å². The molecule has 25 heavy (non-hydrogen) atoms. The Morgan fingerprint density at radius 2 is 1.84 bits per heavy atom. The van der Waals surface area contributed by atoms with E-state index < -0.39 is 6.10 Å². The molecule has 2 atom stereocenters. The quantitative estimate of drug-likeness (QED) is 0.930. The summed E-state index contributed by atoms with van der Waals surface area (Å²) in [6.07, 6.45) is 0.482. The molecule has 0 bridgehead atoms. The van der Waals surface area contributed by atoms with Crippen molar-refractivity contribution in [3.63, 3.8) is 0 Å². The number of piperazine rings is 1. The molecular formula is C20H23FN2O2. The molecule has 4 nitrogen and oxygen atoms in total. The summed E-state index contributed by atoms with van der Waals surface area (Å²) < 4.78 is 18.9. The molecule has 0 spiro atoms. The lowest BCUT2D eigenvalue weighted by Gasteiger charge is -2.40. The second-order valence-electron chi connectivity index (χ2n) is 6.76. The van der Waals surface area contributed by atoms with Gasteiger partial charge in [-0.1, -0.05) is 24.3 Å². The first-order chi connectivity index (χ1) is 12.2. The highest BCUT2D eigenvalue weighted by molar-refractivity contribution is 5.50. The van der Waals surface area contributed by atoms with Gasteiger partial charge in [-0.2, -0.15) is 0 Å². The monoisotopic (exact) mass is 342 g/mol. The molecule has 5 heteroatoms.